The summed E-state index contributed by atoms with van der Waals surface area (Å²) in [5.74, 6) is -6.56. The summed E-state index contributed by atoms with van der Waals surface area (Å²) in [6.07, 6.45) is -32.7. The molecule has 4 rings (SSSR count). The average Bonchev–Trinajstić information content (AvgIpc) is 3.14. The van der Waals surface area contributed by atoms with Crippen LogP contribution in [0.1, 0.15) is 41.0 Å². The number of aliphatic carboxylic acids is 1. The Labute approximate surface area is 321 Å². The van der Waals surface area contributed by atoms with Crippen molar-refractivity contribution in [3.05, 3.63) is 0 Å². The normalized spacial score (nSPS) is 45.9. The Morgan fingerprint density at radius 2 is 1.38 bits per heavy atom. The van der Waals surface area contributed by atoms with Gasteiger partial charge in [0.15, 0.2) is 18.9 Å². The number of aliphatic hydroxyl groups excluding tert-OH is 11. The van der Waals surface area contributed by atoms with Crippen LogP contribution < -0.4 is 5.32 Å². The van der Waals surface area contributed by atoms with Gasteiger partial charge in [-0.05, 0) is 20.8 Å². The van der Waals surface area contributed by atoms with E-state index in [1.165, 1.54) is 13.8 Å². The van der Waals surface area contributed by atoms with E-state index in [4.69, 9.17) is 37.9 Å². The number of rotatable bonds is 15. The zero-order chi connectivity index (χ0) is 42.0. The Morgan fingerprint density at radius 3 is 1.93 bits per heavy atom. The lowest BCUT2D eigenvalue weighted by Gasteiger charge is -2.51. The third-order valence-electron chi connectivity index (χ3n) is 10.3. The molecule has 1 amide bonds. The van der Waals surface area contributed by atoms with Gasteiger partial charge in [-0.2, -0.15) is 0 Å². The molecule has 13 N–H and O–H groups in total. The number of nitrogens with one attached hydrogen (secondary N) is 1. The molecule has 0 saturated carbocycles. The molecule has 4 heterocycles. The maximum absolute atomic E-state index is 12.8. The second kappa shape index (κ2) is 19.5. The highest BCUT2D eigenvalue weighted by Crippen LogP contribution is 2.40. The van der Waals surface area contributed by atoms with Crippen molar-refractivity contribution in [3.63, 3.8) is 0 Å². The average molecular weight is 820 g/mol. The molecule has 0 aromatic carbocycles. The number of carbonyl (C=O) groups excluding carboxylic acids is 1. The highest BCUT2D eigenvalue weighted by atomic mass is 16.8. The Kier molecular flexibility index (Phi) is 16.3. The second-order valence-corrected chi connectivity index (χ2v) is 14.8. The molecule has 4 saturated heterocycles. The van der Waals surface area contributed by atoms with Crippen molar-refractivity contribution in [1.82, 2.24) is 5.32 Å². The van der Waals surface area contributed by atoms with Gasteiger partial charge in [0.05, 0.1) is 44.2 Å². The minimum atomic E-state index is -2.95. The van der Waals surface area contributed by atoms with Crippen molar-refractivity contribution >= 4 is 11.9 Å². The molecule has 0 radical (unpaired) electrons. The maximum Gasteiger partial charge on any atom is 0.364 e. The van der Waals surface area contributed by atoms with Crippen LogP contribution >= 0.6 is 0 Å². The summed E-state index contributed by atoms with van der Waals surface area (Å²) in [6.45, 7) is 4.35. The molecule has 4 aliphatic heterocycles. The number of hydrogen-bond acceptors (Lipinski definition) is 21. The fourth-order valence-electron chi connectivity index (χ4n) is 7.14. The lowest BCUT2D eigenvalue weighted by atomic mass is 9.84. The minimum absolute atomic E-state index is 0.570. The Bertz CT molecular complexity index is 1280. The van der Waals surface area contributed by atoms with Gasteiger partial charge in [-0.15, -0.1) is 0 Å². The first-order chi connectivity index (χ1) is 26.2. The van der Waals surface area contributed by atoms with E-state index in [1.807, 2.05) is 0 Å². The van der Waals surface area contributed by atoms with Crippen molar-refractivity contribution in [2.45, 2.75) is 169 Å². The highest BCUT2D eigenvalue weighted by Gasteiger charge is 2.60. The Morgan fingerprint density at radius 1 is 0.786 bits per heavy atom. The number of carboxylic acids is 1. The van der Waals surface area contributed by atoms with Crippen LogP contribution in [0.2, 0.25) is 0 Å². The van der Waals surface area contributed by atoms with E-state index >= 15 is 0 Å². The standard InChI is InChI=1S/C33H57NO22/c1-10(2)49-29-18(34-13(5)38)27(26(17(9-37)52-29)53-30-23(45)22(44)19(41)12(4)50-30)54-31-24(46)28(21(43)16(8-36)51-31)56-33(32(47)48)6-14(39)11(3)25(55-33)20(42)15(40)7-35/h10-12,14-31,35-37,39-46H,6-9H2,1-5H3,(H,34,38)(H,47,48)/t11-,12+,14-,15-,16?,17?,18?,19-,20-,21+,22?,23?,24?,25?,26-,27-,28?,29-,30+,31+,33+/m1/s1. The smallest absolute Gasteiger partial charge is 0.364 e. The van der Waals surface area contributed by atoms with Gasteiger partial charge in [-0.25, -0.2) is 4.79 Å². The van der Waals surface area contributed by atoms with Crippen LogP contribution in [0.25, 0.3) is 0 Å². The molecule has 23 heteroatoms. The van der Waals surface area contributed by atoms with Crippen LogP contribution in [0.15, 0.2) is 0 Å². The quantitative estimate of drug-likeness (QED) is 0.0730. The molecule has 21 atom stereocenters. The molecule has 23 nitrogen and oxygen atoms in total. The van der Waals surface area contributed by atoms with Gasteiger partial charge < -0.3 is 104 Å². The summed E-state index contributed by atoms with van der Waals surface area (Å²) in [4.78, 5) is 25.4. The van der Waals surface area contributed by atoms with E-state index in [0.29, 0.717) is 0 Å². The molecule has 56 heavy (non-hydrogen) atoms. The molecule has 0 spiro atoms. The summed E-state index contributed by atoms with van der Waals surface area (Å²) < 4.78 is 46.8. The number of ether oxygens (including phenoxy) is 8. The van der Waals surface area contributed by atoms with Gasteiger partial charge in [0, 0.05) is 19.3 Å². The van der Waals surface area contributed by atoms with Crippen LogP contribution in [0.5, 0.6) is 0 Å². The van der Waals surface area contributed by atoms with E-state index in [9.17, 15) is 70.9 Å². The predicted molar refractivity (Wildman–Crippen MR) is 178 cm³/mol. The first-order valence-electron chi connectivity index (χ1n) is 18.3. The van der Waals surface area contributed by atoms with Gasteiger partial charge >= 0.3 is 5.97 Å². The van der Waals surface area contributed by atoms with Crippen LogP contribution in [-0.4, -0.2) is 221 Å². The predicted octanol–water partition coefficient (Wildman–Crippen LogP) is -6.66. The Balaban J connectivity index is 1.75. The van der Waals surface area contributed by atoms with Crippen LogP contribution in [0.4, 0.5) is 0 Å². The summed E-state index contributed by atoms with van der Waals surface area (Å²) >= 11 is 0. The third kappa shape index (κ3) is 9.95. The van der Waals surface area contributed by atoms with Crippen LogP contribution in [-0.2, 0) is 47.5 Å². The second-order valence-electron chi connectivity index (χ2n) is 14.8. The SMILES string of the molecule is CC(=O)NC1[C@H](OC(C)C)OC(CO)[C@@H](O[C@@H]2O[C@@H](C)[C@@H](O)C(O)C2O)[C@@H]1O[C@@H]1OC(CO)[C@H](O)C(O[C@]2(C(=O)O)C[C@@H](O)[C@@H](C)C([C@H](O)[C@H](O)CO)O2)C1O. The molecule has 326 valence electrons. The van der Waals surface area contributed by atoms with E-state index in [1.54, 1.807) is 13.8 Å². The fourth-order valence-corrected chi connectivity index (χ4v) is 7.14. The van der Waals surface area contributed by atoms with Gasteiger partial charge in [0.1, 0.15) is 79.3 Å². The first-order valence-corrected chi connectivity index (χ1v) is 18.3. The molecule has 0 aliphatic carbocycles. The van der Waals surface area contributed by atoms with Gasteiger partial charge in [0.2, 0.25) is 5.91 Å². The third-order valence-corrected chi connectivity index (χ3v) is 10.3. The molecule has 0 bridgehead atoms. The van der Waals surface area contributed by atoms with E-state index in [2.05, 4.69) is 5.32 Å². The monoisotopic (exact) mass is 819 g/mol. The van der Waals surface area contributed by atoms with E-state index in [0.717, 1.165) is 6.92 Å². The summed E-state index contributed by atoms with van der Waals surface area (Å²) in [5.41, 5.74) is 0. The number of aliphatic hydroxyl groups is 11. The number of carbonyl (C=O) groups is 2. The Hall–Kier alpha value is -1.82. The molecular weight excluding hydrogens is 762 g/mol. The zero-order valence-corrected chi connectivity index (χ0v) is 31.4. The lowest BCUT2D eigenvalue weighted by molar-refractivity contribution is -0.392. The number of amides is 1. The molecule has 0 aromatic rings. The fraction of sp³-hybridized carbons (Fsp3) is 0.939. The van der Waals surface area contributed by atoms with Crippen molar-refractivity contribution in [2.75, 3.05) is 19.8 Å². The molecule has 8 unspecified atom stereocenters. The topological polar surface area (TPSA) is 363 Å². The number of hydrogen-bond donors (Lipinski definition) is 13. The zero-order valence-electron chi connectivity index (χ0n) is 31.4. The van der Waals surface area contributed by atoms with Crippen molar-refractivity contribution in [2.24, 2.45) is 5.92 Å². The summed E-state index contributed by atoms with van der Waals surface area (Å²) in [6, 6.07) is -1.41. The molecule has 4 fully saturated rings. The maximum atomic E-state index is 12.8. The van der Waals surface area contributed by atoms with Gasteiger partial charge in [-0.3, -0.25) is 4.79 Å². The summed E-state index contributed by atoms with van der Waals surface area (Å²) in [5, 5.41) is 129. The van der Waals surface area contributed by atoms with E-state index in [-0.39, 0.29) is 0 Å². The first kappa shape index (κ1) is 46.9. The molecule has 4 aliphatic rings. The highest BCUT2D eigenvalue weighted by molar-refractivity contribution is 5.76. The van der Waals surface area contributed by atoms with Crippen LogP contribution in [0, 0.1) is 5.92 Å². The number of carboxylic acid groups (broad SMARTS) is 1. The molecule has 0 aromatic heterocycles. The van der Waals surface area contributed by atoms with E-state index < -0.39 is 172 Å². The van der Waals surface area contributed by atoms with Crippen LogP contribution in [0.3, 0.4) is 0 Å². The molecular formula is C33H57NO22. The summed E-state index contributed by atoms with van der Waals surface area (Å²) in [7, 11) is 0. The van der Waals surface area contributed by atoms with Crippen molar-refractivity contribution in [3.8, 4) is 0 Å². The largest absolute Gasteiger partial charge is 0.477 e. The van der Waals surface area contributed by atoms with Gasteiger partial charge in [0.25, 0.3) is 5.79 Å². The lowest BCUT2D eigenvalue weighted by Crippen LogP contribution is -2.70. The minimum Gasteiger partial charge on any atom is -0.477 e. The van der Waals surface area contributed by atoms with Crippen molar-refractivity contribution < 1.29 is 109 Å². The van der Waals surface area contributed by atoms with Crippen molar-refractivity contribution in [1.29, 1.82) is 0 Å². The van der Waals surface area contributed by atoms with Gasteiger partial charge in [-0.1, -0.05) is 6.92 Å².